The number of carbonyl (C=O) groups excluding carboxylic acids is 1. The van der Waals surface area contributed by atoms with Gasteiger partial charge in [0.1, 0.15) is 0 Å². The van der Waals surface area contributed by atoms with Gasteiger partial charge in [0.25, 0.3) is 0 Å². The Hall–Kier alpha value is -0.290. The molecule has 0 saturated heterocycles. The number of aryl methyl sites for hydroxylation is 1. The van der Waals surface area contributed by atoms with Crippen LogP contribution in [-0.2, 0) is 11.2 Å². The van der Waals surface area contributed by atoms with Crippen molar-refractivity contribution in [3.63, 3.8) is 0 Å². The first-order valence-corrected chi connectivity index (χ1v) is 8.03. The number of carbonyl (C=O) groups is 1. The minimum Gasteiger partial charge on any atom is -0.395 e. The van der Waals surface area contributed by atoms with Crippen molar-refractivity contribution in [2.75, 3.05) is 13.2 Å². The Morgan fingerprint density at radius 2 is 2.21 bits per heavy atom. The summed E-state index contributed by atoms with van der Waals surface area (Å²) in [5.41, 5.74) is 1.02. The highest BCUT2D eigenvalue weighted by molar-refractivity contribution is 7.20. The van der Waals surface area contributed by atoms with E-state index >= 15 is 0 Å². The molecule has 1 aromatic rings. The third kappa shape index (κ3) is 4.35. The maximum atomic E-state index is 12.1. The molecular formula is C13H17Cl2NO2S. The van der Waals surface area contributed by atoms with E-state index in [4.69, 9.17) is 28.3 Å². The summed E-state index contributed by atoms with van der Waals surface area (Å²) in [5, 5.41) is 8.98. The van der Waals surface area contributed by atoms with Crippen LogP contribution in [0.15, 0.2) is 6.07 Å². The second-order valence-electron chi connectivity index (χ2n) is 4.74. The summed E-state index contributed by atoms with van der Waals surface area (Å²) in [6.45, 7) is 0.489. The number of halogens is 2. The molecule has 1 saturated carbocycles. The zero-order valence-electron chi connectivity index (χ0n) is 10.6. The van der Waals surface area contributed by atoms with Crippen LogP contribution in [0.3, 0.4) is 0 Å². The first kappa shape index (κ1) is 15.1. The van der Waals surface area contributed by atoms with Gasteiger partial charge in [-0.3, -0.25) is 4.79 Å². The number of hydrogen-bond donors (Lipinski definition) is 1. The molecule has 19 heavy (non-hydrogen) atoms. The summed E-state index contributed by atoms with van der Waals surface area (Å²) in [6.07, 6.45) is 4.17. The molecule has 1 aromatic heterocycles. The zero-order valence-corrected chi connectivity index (χ0v) is 12.9. The highest BCUT2D eigenvalue weighted by atomic mass is 35.5. The van der Waals surface area contributed by atoms with Gasteiger partial charge in [-0.2, -0.15) is 0 Å². The summed E-state index contributed by atoms with van der Waals surface area (Å²) in [6, 6.07) is 2.23. The molecule has 1 heterocycles. The fourth-order valence-corrected chi connectivity index (χ4v) is 3.67. The van der Waals surface area contributed by atoms with Gasteiger partial charge in [0.15, 0.2) is 0 Å². The average molecular weight is 322 g/mol. The molecule has 0 bridgehead atoms. The van der Waals surface area contributed by atoms with Crippen molar-refractivity contribution in [1.29, 1.82) is 0 Å². The molecule has 0 radical (unpaired) electrons. The standard InChI is InChI=1S/C13H17Cl2NO2S/c14-11-8-9(13(15)19-11)2-1-3-12(18)16(6-7-17)10-4-5-10/h8,10,17H,1-7H2. The van der Waals surface area contributed by atoms with E-state index in [0.717, 1.165) is 31.2 Å². The lowest BCUT2D eigenvalue weighted by Crippen LogP contribution is -2.35. The molecule has 3 nitrogen and oxygen atoms in total. The summed E-state index contributed by atoms with van der Waals surface area (Å²) >= 11 is 13.3. The van der Waals surface area contributed by atoms with Gasteiger partial charge < -0.3 is 10.0 Å². The van der Waals surface area contributed by atoms with Crippen LogP contribution in [0, 0.1) is 0 Å². The van der Waals surface area contributed by atoms with Gasteiger partial charge in [0.2, 0.25) is 5.91 Å². The average Bonchev–Trinajstić information content (AvgIpc) is 3.13. The quantitative estimate of drug-likeness (QED) is 0.836. The van der Waals surface area contributed by atoms with E-state index < -0.39 is 0 Å². The van der Waals surface area contributed by atoms with Crippen LogP contribution in [-0.4, -0.2) is 35.1 Å². The second kappa shape index (κ2) is 6.93. The predicted molar refractivity (Wildman–Crippen MR) is 79.1 cm³/mol. The first-order valence-electron chi connectivity index (χ1n) is 6.46. The molecule has 1 aliphatic carbocycles. The molecule has 1 N–H and O–H groups in total. The fourth-order valence-electron chi connectivity index (χ4n) is 2.12. The van der Waals surface area contributed by atoms with Gasteiger partial charge in [0, 0.05) is 19.0 Å². The second-order valence-corrected chi connectivity index (χ2v) is 7.03. The van der Waals surface area contributed by atoms with E-state index in [-0.39, 0.29) is 12.5 Å². The molecule has 106 valence electrons. The number of nitrogens with zero attached hydrogens (tertiary/aromatic N) is 1. The molecule has 1 amide bonds. The van der Waals surface area contributed by atoms with Crippen molar-refractivity contribution < 1.29 is 9.90 Å². The number of thiophene rings is 1. The lowest BCUT2D eigenvalue weighted by Gasteiger charge is -2.21. The van der Waals surface area contributed by atoms with Crippen molar-refractivity contribution in [1.82, 2.24) is 4.90 Å². The first-order chi connectivity index (χ1) is 9.11. The number of hydrogen-bond acceptors (Lipinski definition) is 3. The van der Waals surface area contributed by atoms with Crippen LogP contribution in [0.5, 0.6) is 0 Å². The van der Waals surface area contributed by atoms with Gasteiger partial charge in [-0.15, -0.1) is 11.3 Å². The number of rotatable bonds is 7. The maximum Gasteiger partial charge on any atom is 0.222 e. The molecule has 0 atom stereocenters. The molecule has 2 rings (SSSR count). The largest absolute Gasteiger partial charge is 0.395 e. The Balaban J connectivity index is 1.78. The Kier molecular flexibility index (Phi) is 5.51. The highest BCUT2D eigenvalue weighted by Gasteiger charge is 2.31. The molecule has 0 aromatic carbocycles. The Morgan fingerprint density at radius 3 is 2.74 bits per heavy atom. The highest BCUT2D eigenvalue weighted by Crippen LogP contribution is 2.32. The van der Waals surface area contributed by atoms with Crippen molar-refractivity contribution in [3.8, 4) is 0 Å². The van der Waals surface area contributed by atoms with Crippen molar-refractivity contribution >= 4 is 40.4 Å². The van der Waals surface area contributed by atoms with Crippen LogP contribution in [0.4, 0.5) is 0 Å². The summed E-state index contributed by atoms with van der Waals surface area (Å²) in [4.78, 5) is 13.9. The van der Waals surface area contributed by atoms with Crippen LogP contribution in [0.1, 0.15) is 31.2 Å². The minimum absolute atomic E-state index is 0.0359. The molecule has 1 aliphatic rings. The molecule has 0 unspecified atom stereocenters. The fraction of sp³-hybridized carbons (Fsp3) is 0.615. The van der Waals surface area contributed by atoms with E-state index in [0.29, 0.717) is 27.7 Å². The van der Waals surface area contributed by atoms with E-state index in [9.17, 15) is 4.79 Å². The van der Waals surface area contributed by atoms with E-state index in [2.05, 4.69) is 0 Å². The lowest BCUT2D eigenvalue weighted by molar-refractivity contribution is -0.132. The summed E-state index contributed by atoms with van der Waals surface area (Å²) in [7, 11) is 0. The van der Waals surface area contributed by atoms with Gasteiger partial charge in [0.05, 0.1) is 15.3 Å². The molecule has 0 aliphatic heterocycles. The third-order valence-electron chi connectivity index (χ3n) is 3.21. The van der Waals surface area contributed by atoms with Crippen LogP contribution in [0.2, 0.25) is 8.67 Å². The number of amides is 1. The zero-order chi connectivity index (χ0) is 13.8. The SMILES string of the molecule is O=C(CCCc1cc(Cl)sc1Cl)N(CCO)C1CC1. The molecular weight excluding hydrogens is 305 g/mol. The van der Waals surface area contributed by atoms with Crippen LogP contribution in [0.25, 0.3) is 0 Å². The van der Waals surface area contributed by atoms with Gasteiger partial charge in [-0.25, -0.2) is 0 Å². The summed E-state index contributed by atoms with van der Waals surface area (Å²) < 4.78 is 1.40. The van der Waals surface area contributed by atoms with E-state index in [1.807, 2.05) is 11.0 Å². The van der Waals surface area contributed by atoms with Gasteiger partial charge in [-0.1, -0.05) is 23.2 Å². The Labute approximate surface area is 127 Å². The number of aliphatic hydroxyl groups excluding tert-OH is 1. The van der Waals surface area contributed by atoms with Crippen molar-refractivity contribution in [2.45, 2.75) is 38.1 Å². The number of aliphatic hydroxyl groups is 1. The molecule has 6 heteroatoms. The van der Waals surface area contributed by atoms with Crippen LogP contribution >= 0.6 is 34.5 Å². The monoisotopic (exact) mass is 321 g/mol. The lowest BCUT2D eigenvalue weighted by atomic mass is 10.1. The topological polar surface area (TPSA) is 40.5 Å². The Morgan fingerprint density at radius 1 is 1.47 bits per heavy atom. The smallest absolute Gasteiger partial charge is 0.222 e. The minimum atomic E-state index is 0.0359. The predicted octanol–water partition coefficient (Wildman–Crippen LogP) is 3.36. The molecule has 1 fully saturated rings. The van der Waals surface area contributed by atoms with Gasteiger partial charge in [-0.05, 0) is 37.3 Å². The Bertz CT molecular complexity index is 446. The van der Waals surface area contributed by atoms with Crippen molar-refractivity contribution in [2.24, 2.45) is 0 Å². The maximum absolute atomic E-state index is 12.1. The summed E-state index contributed by atoms with van der Waals surface area (Å²) in [5.74, 6) is 0.133. The molecule has 0 spiro atoms. The van der Waals surface area contributed by atoms with Crippen molar-refractivity contribution in [3.05, 3.63) is 20.3 Å². The van der Waals surface area contributed by atoms with E-state index in [1.54, 1.807) is 0 Å². The normalized spacial score (nSPS) is 14.7. The van der Waals surface area contributed by atoms with Gasteiger partial charge >= 0.3 is 0 Å². The third-order valence-corrected chi connectivity index (χ3v) is 4.78. The van der Waals surface area contributed by atoms with E-state index in [1.165, 1.54) is 11.3 Å². The van der Waals surface area contributed by atoms with Crippen LogP contribution < -0.4 is 0 Å².